The summed E-state index contributed by atoms with van der Waals surface area (Å²) in [5.41, 5.74) is 0.417. The fraction of sp³-hybridized carbons (Fsp3) is 0.429. The third-order valence-corrected chi connectivity index (χ3v) is 3.34. The quantitative estimate of drug-likeness (QED) is 0.591. The molecule has 0 atom stereocenters. The van der Waals surface area contributed by atoms with Gasteiger partial charge in [0.05, 0.1) is 11.5 Å². The van der Waals surface area contributed by atoms with Crippen LogP contribution >= 0.6 is 0 Å². The Kier molecular flexibility index (Phi) is 3.14. The molecule has 1 aliphatic carbocycles. The molecule has 0 saturated heterocycles. The molecule has 0 unspecified atom stereocenters. The van der Waals surface area contributed by atoms with Gasteiger partial charge < -0.3 is 4.74 Å². The molecule has 1 saturated carbocycles. The van der Waals surface area contributed by atoms with Gasteiger partial charge in [0.15, 0.2) is 0 Å². The summed E-state index contributed by atoms with van der Waals surface area (Å²) in [7, 11) is 0. The van der Waals surface area contributed by atoms with Crippen molar-refractivity contribution in [2.45, 2.75) is 38.0 Å². The summed E-state index contributed by atoms with van der Waals surface area (Å²) in [5, 5.41) is 9.32. The molecule has 0 amide bonds. The van der Waals surface area contributed by atoms with Crippen molar-refractivity contribution in [3.8, 4) is 11.8 Å². The van der Waals surface area contributed by atoms with E-state index in [1.807, 2.05) is 18.2 Å². The molecule has 0 N–H and O–H groups in total. The van der Waals surface area contributed by atoms with Crippen LogP contribution in [0.25, 0.3) is 0 Å². The second kappa shape index (κ2) is 4.58. The van der Waals surface area contributed by atoms with Gasteiger partial charge in [0, 0.05) is 12.0 Å². The SMILES string of the molecule is CCC(=O)Oc1ccccc1C1(C#N)CCC1. The molecule has 17 heavy (non-hydrogen) atoms. The van der Waals surface area contributed by atoms with E-state index in [-0.39, 0.29) is 5.97 Å². The number of esters is 1. The van der Waals surface area contributed by atoms with Crippen LogP contribution < -0.4 is 4.74 Å². The van der Waals surface area contributed by atoms with Crippen molar-refractivity contribution in [2.75, 3.05) is 0 Å². The normalized spacial score (nSPS) is 16.7. The number of ether oxygens (including phenoxy) is 1. The summed E-state index contributed by atoms with van der Waals surface area (Å²) in [5.74, 6) is 0.283. The minimum atomic E-state index is -0.440. The lowest BCUT2D eigenvalue weighted by molar-refractivity contribution is -0.134. The van der Waals surface area contributed by atoms with E-state index in [0.717, 1.165) is 24.8 Å². The minimum Gasteiger partial charge on any atom is -0.426 e. The third kappa shape index (κ3) is 2.03. The summed E-state index contributed by atoms with van der Waals surface area (Å²) < 4.78 is 5.29. The van der Waals surface area contributed by atoms with Gasteiger partial charge in [-0.05, 0) is 25.3 Å². The van der Waals surface area contributed by atoms with Gasteiger partial charge in [-0.3, -0.25) is 4.79 Å². The first-order chi connectivity index (χ1) is 8.22. The van der Waals surface area contributed by atoms with Gasteiger partial charge in [0.1, 0.15) is 5.75 Å². The maximum absolute atomic E-state index is 11.3. The standard InChI is InChI=1S/C14H15NO2/c1-2-13(16)17-12-7-4-3-6-11(12)14(10-15)8-5-9-14/h3-4,6-7H,2,5,8-9H2,1H3. The Hall–Kier alpha value is -1.82. The highest BCUT2D eigenvalue weighted by Gasteiger charge is 2.41. The highest BCUT2D eigenvalue weighted by Crippen LogP contribution is 2.46. The first-order valence-electron chi connectivity index (χ1n) is 5.93. The summed E-state index contributed by atoms with van der Waals surface area (Å²) in [6.07, 6.45) is 3.10. The van der Waals surface area contributed by atoms with Crippen molar-refractivity contribution in [3.63, 3.8) is 0 Å². The Morgan fingerprint density at radius 1 is 1.47 bits per heavy atom. The summed E-state index contributed by atoms with van der Waals surface area (Å²) in [4.78, 5) is 11.3. The average Bonchev–Trinajstić information content (AvgIpc) is 2.30. The molecule has 3 nitrogen and oxygen atoms in total. The number of hydrogen-bond acceptors (Lipinski definition) is 3. The van der Waals surface area contributed by atoms with Gasteiger partial charge in [-0.1, -0.05) is 25.1 Å². The van der Waals surface area contributed by atoms with Crippen LogP contribution in [0.2, 0.25) is 0 Å². The van der Waals surface area contributed by atoms with E-state index >= 15 is 0 Å². The molecule has 0 bridgehead atoms. The predicted molar refractivity (Wildman–Crippen MR) is 63.5 cm³/mol. The molecule has 3 heteroatoms. The van der Waals surface area contributed by atoms with Crippen molar-refractivity contribution < 1.29 is 9.53 Å². The number of nitriles is 1. The average molecular weight is 229 g/mol. The number of hydrogen-bond donors (Lipinski definition) is 0. The monoisotopic (exact) mass is 229 g/mol. The Morgan fingerprint density at radius 2 is 2.18 bits per heavy atom. The number of para-hydroxylation sites is 1. The van der Waals surface area contributed by atoms with Gasteiger partial charge in [-0.15, -0.1) is 0 Å². The van der Waals surface area contributed by atoms with Crippen molar-refractivity contribution in [2.24, 2.45) is 0 Å². The van der Waals surface area contributed by atoms with E-state index < -0.39 is 5.41 Å². The van der Waals surface area contributed by atoms with E-state index in [1.54, 1.807) is 13.0 Å². The second-order valence-corrected chi connectivity index (χ2v) is 4.37. The van der Waals surface area contributed by atoms with E-state index in [9.17, 15) is 10.1 Å². The van der Waals surface area contributed by atoms with Crippen LogP contribution in [0, 0.1) is 11.3 Å². The van der Waals surface area contributed by atoms with Gasteiger partial charge in [0.25, 0.3) is 0 Å². The number of nitrogens with zero attached hydrogens (tertiary/aromatic N) is 1. The van der Waals surface area contributed by atoms with Crippen LogP contribution in [-0.2, 0) is 10.2 Å². The molecule has 1 aromatic carbocycles. The summed E-state index contributed by atoms with van der Waals surface area (Å²) in [6.45, 7) is 1.76. The number of rotatable bonds is 3. The van der Waals surface area contributed by atoms with Gasteiger partial charge in [-0.25, -0.2) is 0 Å². The Balaban J connectivity index is 2.34. The Labute approximate surface area is 101 Å². The lowest BCUT2D eigenvalue weighted by Crippen LogP contribution is -2.33. The van der Waals surface area contributed by atoms with Crippen molar-refractivity contribution in [1.29, 1.82) is 5.26 Å². The van der Waals surface area contributed by atoms with Crippen LogP contribution in [0.3, 0.4) is 0 Å². The topological polar surface area (TPSA) is 50.1 Å². The smallest absolute Gasteiger partial charge is 0.310 e. The maximum Gasteiger partial charge on any atom is 0.310 e. The highest BCUT2D eigenvalue weighted by molar-refractivity contribution is 5.72. The molecule has 88 valence electrons. The number of benzene rings is 1. The van der Waals surface area contributed by atoms with Crippen molar-refractivity contribution in [1.82, 2.24) is 0 Å². The van der Waals surface area contributed by atoms with Crippen LogP contribution in [0.4, 0.5) is 0 Å². The second-order valence-electron chi connectivity index (χ2n) is 4.37. The van der Waals surface area contributed by atoms with Crippen LogP contribution in [0.1, 0.15) is 38.2 Å². The summed E-state index contributed by atoms with van der Waals surface area (Å²) in [6, 6.07) is 9.74. The largest absolute Gasteiger partial charge is 0.426 e. The molecule has 1 fully saturated rings. The molecule has 2 rings (SSSR count). The minimum absolute atomic E-state index is 0.259. The maximum atomic E-state index is 11.3. The molecular weight excluding hydrogens is 214 g/mol. The van der Waals surface area contributed by atoms with Crippen LogP contribution in [-0.4, -0.2) is 5.97 Å². The van der Waals surface area contributed by atoms with E-state index in [1.165, 1.54) is 0 Å². The number of carbonyl (C=O) groups is 1. The van der Waals surface area contributed by atoms with E-state index in [4.69, 9.17) is 4.74 Å². The molecule has 0 aliphatic heterocycles. The lowest BCUT2D eigenvalue weighted by atomic mass is 9.65. The van der Waals surface area contributed by atoms with Crippen LogP contribution in [0.15, 0.2) is 24.3 Å². The molecular formula is C14H15NO2. The van der Waals surface area contributed by atoms with Gasteiger partial charge in [-0.2, -0.15) is 5.26 Å². The van der Waals surface area contributed by atoms with Crippen LogP contribution in [0.5, 0.6) is 5.75 Å². The van der Waals surface area contributed by atoms with E-state index in [0.29, 0.717) is 12.2 Å². The Morgan fingerprint density at radius 3 is 2.71 bits per heavy atom. The van der Waals surface area contributed by atoms with E-state index in [2.05, 4.69) is 6.07 Å². The predicted octanol–water partition coefficient (Wildman–Crippen LogP) is 2.95. The van der Waals surface area contributed by atoms with Gasteiger partial charge in [0.2, 0.25) is 0 Å². The lowest BCUT2D eigenvalue weighted by Gasteiger charge is -2.36. The fourth-order valence-corrected chi connectivity index (χ4v) is 2.12. The van der Waals surface area contributed by atoms with Crippen molar-refractivity contribution in [3.05, 3.63) is 29.8 Å². The zero-order valence-corrected chi connectivity index (χ0v) is 9.90. The number of carbonyl (C=O) groups excluding carboxylic acids is 1. The molecule has 0 aromatic heterocycles. The highest BCUT2D eigenvalue weighted by atomic mass is 16.5. The fourth-order valence-electron chi connectivity index (χ4n) is 2.12. The molecule has 1 aromatic rings. The van der Waals surface area contributed by atoms with Crippen molar-refractivity contribution >= 4 is 5.97 Å². The first kappa shape index (κ1) is 11.7. The molecule has 0 radical (unpaired) electrons. The zero-order chi connectivity index (χ0) is 12.3. The Bertz CT molecular complexity index is 469. The first-order valence-corrected chi connectivity index (χ1v) is 5.93. The summed E-state index contributed by atoms with van der Waals surface area (Å²) >= 11 is 0. The van der Waals surface area contributed by atoms with Gasteiger partial charge >= 0.3 is 5.97 Å². The molecule has 0 heterocycles. The molecule has 1 aliphatic rings. The zero-order valence-electron chi connectivity index (χ0n) is 9.90. The third-order valence-electron chi connectivity index (χ3n) is 3.34. The molecule has 0 spiro atoms.